The van der Waals surface area contributed by atoms with Crippen molar-refractivity contribution in [2.75, 3.05) is 0 Å². The van der Waals surface area contributed by atoms with Crippen molar-refractivity contribution in [3.8, 4) is 5.75 Å². The summed E-state index contributed by atoms with van der Waals surface area (Å²) in [5.74, 6) is 0.238. The van der Waals surface area contributed by atoms with Gasteiger partial charge in [0.2, 0.25) is 5.75 Å². The Morgan fingerprint density at radius 3 is 2.53 bits per heavy atom. The summed E-state index contributed by atoms with van der Waals surface area (Å²) in [4.78, 5) is 11.8. The van der Waals surface area contributed by atoms with Crippen molar-refractivity contribution in [1.82, 2.24) is 0 Å². The summed E-state index contributed by atoms with van der Waals surface area (Å²) < 4.78 is 10.7. The fraction of sp³-hybridized carbons (Fsp3) is 0.0625. The summed E-state index contributed by atoms with van der Waals surface area (Å²) in [5, 5.41) is 0.852. The predicted molar refractivity (Wildman–Crippen MR) is 73.3 cm³/mol. The molecule has 2 aromatic carbocycles. The van der Waals surface area contributed by atoms with Crippen molar-refractivity contribution in [2.45, 2.75) is 6.61 Å². The van der Waals surface area contributed by atoms with Crippen molar-refractivity contribution in [1.29, 1.82) is 0 Å². The molecule has 0 radical (unpaired) electrons. The van der Waals surface area contributed by atoms with Gasteiger partial charge in [0.05, 0.1) is 0 Å². The molecule has 94 valence electrons. The Balaban J connectivity index is 1.89. The van der Waals surface area contributed by atoms with Crippen LogP contribution in [-0.2, 0) is 6.61 Å². The van der Waals surface area contributed by atoms with Crippen LogP contribution in [0.1, 0.15) is 5.56 Å². The first-order chi connectivity index (χ1) is 9.33. The minimum Gasteiger partial charge on any atom is -0.482 e. The summed E-state index contributed by atoms with van der Waals surface area (Å²) in [7, 11) is 0. The van der Waals surface area contributed by atoms with E-state index in [0.717, 1.165) is 10.9 Å². The maximum Gasteiger partial charge on any atom is 0.379 e. The smallest absolute Gasteiger partial charge is 0.379 e. The Kier molecular flexibility index (Phi) is 3.02. The molecule has 0 unspecified atom stereocenters. The summed E-state index contributed by atoms with van der Waals surface area (Å²) in [6, 6.07) is 18.8. The second-order valence-corrected chi connectivity index (χ2v) is 4.21. The van der Waals surface area contributed by atoms with Crippen molar-refractivity contribution in [3.63, 3.8) is 0 Å². The third-order valence-corrected chi connectivity index (χ3v) is 2.85. The lowest BCUT2D eigenvalue weighted by molar-refractivity contribution is 0.291. The van der Waals surface area contributed by atoms with Gasteiger partial charge in [0.1, 0.15) is 12.2 Å². The van der Waals surface area contributed by atoms with Crippen LogP contribution >= 0.6 is 0 Å². The van der Waals surface area contributed by atoms with E-state index in [1.165, 1.54) is 0 Å². The van der Waals surface area contributed by atoms with Gasteiger partial charge in [-0.05, 0) is 17.7 Å². The lowest BCUT2D eigenvalue weighted by Crippen LogP contribution is -2.06. The van der Waals surface area contributed by atoms with Gasteiger partial charge in [-0.2, -0.15) is 0 Å². The minimum atomic E-state index is -0.449. The van der Waals surface area contributed by atoms with Gasteiger partial charge < -0.3 is 9.15 Å². The number of hydrogen-bond acceptors (Lipinski definition) is 3. The highest BCUT2D eigenvalue weighted by Crippen LogP contribution is 2.17. The largest absolute Gasteiger partial charge is 0.482 e. The van der Waals surface area contributed by atoms with Crippen molar-refractivity contribution < 1.29 is 9.15 Å². The molecular formula is C16H12O3. The van der Waals surface area contributed by atoms with E-state index in [4.69, 9.17) is 9.15 Å². The van der Waals surface area contributed by atoms with Crippen LogP contribution in [0.15, 0.2) is 69.9 Å². The maximum atomic E-state index is 11.8. The molecule has 0 bridgehead atoms. The molecule has 3 heteroatoms. The maximum absolute atomic E-state index is 11.8. The van der Waals surface area contributed by atoms with Crippen LogP contribution < -0.4 is 10.4 Å². The van der Waals surface area contributed by atoms with E-state index >= 15 is 0 Å². The summed E-state index contributed by atoms with van der Waals surface area (Å²) in [6.07, 6.45) is 0. The van der Waals surface area contributed by atoms with Crippen LogP contribution in [0.5, 0.6) is 5.75 Å². The topological polar surface area (TPSA) is 39.4 Å². The van der Waals surface area contributed by atoms with Gasteiger partial charge >= 0.3 is 5.63 Å². The number of fused-ring (bicyclic) bond motifs is 1. The molecule has 0 aliphatic heterocycles. The molecule has 0 N–H and O–H groups in total. The van der Waals surface area contributed by atoms with E-state index in [2.05, 4.69) is 0 Å². The van der Waals surface area contributed by atoms with Gasteiger partial charge in [-0.1, -0.05) is 48.5 Å². The fourth-order valence-electron chi connectivity index (χ4n) is 1.88. The fourth-order valence-corrected chi connectivity index (χ4v) is 1.88. The van der Waals surface area contributed by atoms with Crippen LogP contribution in [0.25, 0.3) is 11.0 Å². The molecule has 1 aromatic heterocycles. The molecule has 0 aliphatic carbocycles. The molecular weight excluding hydrogens is 240 g/mol. The van der Waals surface area contributed by atoms with Gasteiger partial charge in [-0.3, -0.25) is 0 Å². The summed E-state index contributed by atoms with van der Waals surface area (Å²) in [6.45, 7) is 0.351. The average Bonchev–Trinajstić information content (AvgIpc) is 2.46. The van der Waals surface area contributed by atoms with Crippen LogP contribution in [-0.4, -0.2) is 0 Å². The first-order valence-electron chi connectivity index (χ1n) is 6.02. The summed E-state index contributed by atoms with van der Waals surface area (Å²) >= 11 is 0. The zero-order chi connectivity index (χ0) is 13.1. The zero-order valence-corrected chi connectivity index (χ0v) is 10.2. The van der Waals surface area contributed by atoms with E-state index < -0.39 is 5.63 Å². The lowest BCUT2D eigenvalue weighted by Gasteiger charge is -2.05. The van der Waals surface area contributed by atoms with Crippen molar-refractivity contribution >= 4 is 11.0 Å². The van der Waals surface area contributed by atoms with Gasteiger partial charge in [0, 0.05) is 5.39 Å². The predicted octanol–water partition coefficient (Wildman–Crippen LogP) is 3.37. The number of para-hydroxylation sites is 1. The summed E-state index contributed by atoms with van der Waals surface area (Å²) in [5.41, 5.74) is 1.13. The molecule has 3 nitrogen and oxygen atoms in total. The van der Waals surface area contributed by atoms with E-state index in [1.54, 1.807) is 12.1 Å². The van der Waals surface area contributed by atoms with Crippen molar-refractivity contribution in [3.05, 3.63) is 76.6 Å². The average molecular weight is 252 g/mol. The monoisotopic (exact) mass is 252 g/mol. The van der Waals surface area contributed by atoms with Gasteiger partial charge in [0.15, 0.2) is 0 Å². The third-order valence-electron chi connectivity index (χ3n) is 2.85. The number of benzene rings is 2. The Labute approximate surface area is 110 Å². The van der Waals surface area contributed by atoms with Gasteiger partial charge in [-0.25, -0.2) is 4.79 Å². The first kappa shape index (κ1) is 11.5. The minimum absolute atomic E-state index is 0.238. The molecule has 0 aliphatic rings. The lowest BCUT2D eigenvalue weighted by atomic mass is 10.2. The molecule has 19 heavy (non-hydrogen) atoms. The molecule has 0 spiro atoms. The van der Waals surface area contributed by atoms with E-state index in [1.807, 2.05) is 48.5 Å². The highest BCUT2D eigenvalue weighted by molar-refractivity contribution is 5.77. The van der Waals surface area contributed by atoms with Crippen LogP contribution in [0, 0.1) is 0 Å². The van der Waals surface area contributed by atoms with E-state index in [9.17, 15) is 4.79 Å². The van der Waals surface area contributed by atoms with Crippen molar-refractivity contribution in [2.24, 2.45) is 0 Å². The first-order valence-corrected chi connectivity index (χ1v) is 6.02. The Morgan fingerprint density at radius 2 is 1.68 bits per heavy atom. The number of hydrogen-bond donors (Lipinski definition) is 0. The second-order valence-electron chi connectivity index (χ2n) is 4.21. The normalized spacial score (nSPS) is 10.5. The molecule has 1 heterocycles. The van der Waals surface area contributed by atoms with E-state index in [-0.39, 0.29) is 5.75 Å². The standard InChI is InChI=1S/C16H12O3/c17-16-15(18-11-12-6-2-1-3-7-12)10-13-8-4-5-9-14(13)19-16/h1-10H,11H2. The Morgan fingerprint density at radius 1 is 0.947 bits per heavy atom. The zero-order valence-electron chi connectivity index (χ0n) is 10.2. The van der Waals surface area contributed by atoms with E-state index in [0.29, 0.717) is 12.2 Å². The third kappa shape index (κ3) is 2.50. The highest BCUT2D eigenvalue weighted by atomic mass is 16.5. The second kappa shape index (κ2) is 4.98. The van der Waals surface area contributed by atoms with Crippen LogP contribution in [0.2, 0.25) is 0 Å². The number of ether oxygens (including phenoxy) is 1. The quantitative estimate of drug-likeness (QED) is 0.671. The van der Waals surface area contributed by atoms with Crippen LogP contribution in [0.3, 0.4) is 0 Å². The van der Waals surface area contributed by atoms with Crippen LogP contribution in [0.4, 0.5) is 0 Å². The van der Waals surface area contributed by atoms with Gasteiger partial charge in [-0.15, -0.1) is 0 Å². The Bertz CT molecular complexity index is 745. The number of rotatable bonds is 3. The molecule has 0 fully saturated rings. The molecule has 3 aromatic rings. The van der Waals surface area contributed by atoms with Gasteiger partial charge in [0.25, 0.3) is 0 Å². The highest BCUT2D eigenvalue weighted by Gasteiger charge is 2.06. The molecule has 0 saturated carbocycles. The Hall–Kier alpha value is -2.55. The molecule has 3 rings (SSSR count). The molecule has 0 atom stereocenters. The molecule has 0 amide bonds. The SMILES string of the molecule is O=c1oc2ccccc2cc1OCc1ccccc1. The molecule has 0 saturated heterocycles.